The molecule has 0 unspecified atom stereocenters. The monoisotopic (exact) mass is 327 g/mol. The van der Waals surface area contributed by atoms with Gasteiger partial charge in [-0.05, 0) is 20.6 Å². The second-order valence-corrected chi connectivity index (χ2v) is 4.95. The Morgan fingerprint density at radius 2 is 2.38 bits per heavy atom. The molecule has 0 aromatic carbocycles. The van der Waals surface area contributed by atoms with Gasteiger partial charge in [0.25, 0.3) is 5.88 Å². The summed E-state index contributed by atoms with van der Waals surface area (Å²) in [6, 6.07) is 0. The van der Waals surface area contributed by atoms with Crippen molar-refractivity contribution in [2.45, 2.75) is 32.2 Å². The highest BCUT2D eigenvalue weighted by molar-refractivity contribution is 6.99. The van der Waals surface area contributed by atoms with Crippen molar-refractivity contribution in [2.75, 3.05) is 44.3 Å². The Bertz CT molecular complexity index is 779. The fraction of sp³-hybridized carbons (Fsp3) is 0.846. The van der Waals surface area contributed by atoms with Crippen molar-refractivity contribution in [3.63, 3.8) is 0 Å². The number of anilines is 1. The van der Waals surface area contributed by atoms with Gasteiger partial charge in [0.1, 0.15) is 12.6 Å². The molecule has 1 atom stereocenters. The minimum atomic E-state index is -3.83. The Balaban J connectivity index is 2.35. The molecule has 120 valence electrons. The van der Waals surface area contributed by atoms with Crippen molar-refractivity contribution in [3.05, 3.63) is 0 Å². The third-order valence-electron chi connectivity index (χ3n) is 2.43. The number of hydrogen-bond acceptors (Lipinski definition) is 8. The minimum absolute atomic E-state index is 0.0984. The van der Waals surface area contributed by atoms with Gasteiger partial charge >= 0.3 is 0 Å². The van der Waals surface area contributed by atoms with E-state index >= 15 is 0 Å². The van der Waals surface area contributed by atoms with Gasteiger partial charge in [0.2, 0.25) is 5.82 Å². The average molecular weight is 327 g/mol. The third-order valence-corrected chi connectivity index (χ3v) is 2.93. The summed E-state index contributed by atoms with van der Waals surface area (Å²) in [4.78, 5) is 1.66. The molecule has 1 aromatic heterocycles. The van der Waals surface area contributed by atoms with Crippen LogP contribution in [-0.4, -0.2) is 64.8 Å². The van der Waals surface area contributed by atoms with Crippen LogP contribution in [0, 0.1) is 0 Å². The number of β-amino-alcohol motifs (C(OH)–C–C–N with tert-alkyl or cyclic N) is 1. The van der Waals surface area contributed by atoms with Gasteiger partial charge in [-0.15, -0.1) is 4.37 Å². The number of nitrogens with zero attached hydrogens (tertiary/aromatic N) is 3. The van der Waals surface area contributed by atoms with Gasteiger partial charge in [-0.25, -0.2) is 0 Å². The van der Waals surface area contributed by atoms with Crippen LogP contribution in [0.4, 0.5) is 5.82 Å². The van der Waals surface area contributed by atoms with Gasteiger partial charge in [-0.1, -0.05) is 0 Å². The van der Waals surface area contributed by atoms with Crippen LogP contribution in [0.15, 0.2) is 0 Å². The van der Waals surface area contributed by atoms with Crippen LogP contribution in [0.25, 0.3) is 0 Å². The van der Waals surface area contributed by atoms with Crippen LogP contribution in [0.3, 0.4) is 0 Å². The average Bonchev–Trinajstić information content (AvgIpc) is 3.07. The zero-order chi connectivity index (χ0) is 24.8. The molecule has 2 rings (SSSR count). The van der Waals surface area contributed by atoms with E-state index in [0.717, 1.165) is 0 Å². The molecule has 1 aromatic rings. The van der Waals surface area contributed by atoms with E-state index in [4.69, 9.17) is 24.6 Å². The van der Waals surface area contributed by atoms with Crippen molar-refractivity contribution < 1.29 is 29.7 Å². The Labute approximate surface area is 145 Å². The zero-order valence-corrected chi connectivity index (χ0v) is 12.2. The van der Waals surface area contributed by atoms with Crippen LogP contribution in [0.5, 0.6) is 5.88 Å². The van der Waals surface area contributed by atoms with Crippen molar-refractivity contribution in [1.29, 1.82) is 0 Å². The largest absolute Gasteiger partial charge is 0.472 e. The first-order valence-corrected chi connectivity index (χ1v) is 6.86. The lowest BCUT2D eigenvalue weighted by atomic mass is 10.1. The second-order valence-electron chi connectivity index (χ2n) is 4.42. The SMILES string of the molecule is [2H]C([2H])([2H])C(C)(NC([2H])([2H])[C@]([2H])(O)C([2H])([2H])Oc1nsnc1N1CCOCC1)C([2H])([2H])[2H]. The molecule has 0 aliphatic carbocycles. The van der Waals surface area contributed by atoms with Gasteiger partial charge in [0.05, 0.1) is 29.1 Å². The molecule has 0 bridgehead atoms. The number of morpholine rings is 1. The maximum Gasteiger partial charge on any atom is 0.270 e. The lowest BCUT2D eigenvalue weighted by molar-refractivity contribution is 0.0975. The van der Waals surface area contributed by atoms with Gasteiger partial charge in [-0.2, -0.15) is 4.37 Å². The van der Waals surface area contributed by atoms with E-state index in [9.17, 15) is 5.11 Å². The topological polar surface area (TPSA) is 79.7 Å². The molecule has 0 radical (unpaired) electrons. The molecule has 1 fully saturated rings. The molecule has 0 saturated carbocycles. The molecule has 1 aliphatic rings. The molecule has 0 spiro atoms. The maximum absolute atomic E-state index is 10.5. The van der Waals surface area contributed by atoms with E-state index < -0.39 is 44.3 Å². The highest BCUT2D eigenvalue weighted by atomic mass is 32.1. The molecule has 1 saturated heterocycles. The second kappa shape index (κ2) is 7.35. The number of nitrogens with one attached hydrogen (secondary N) is 1. The summed E-state index contributed by atoms with van der Waals surface area (Å²) in [5.41, 5.74) is -2.93. The van der Waals surface area contributed by atoms with Crippen LogP contribution in [0.2, 0.25) is 0 Å². The van der Waals surface area contributed by atoms with Crippen molar-refractivity contribution in [3.8, 4) is 5.88 Å². The number of aliphatic hydroxyl groups is 1. The van der Waals surface area contributed by atoms with Gasteiger partial charge in [0.15, 0.2) is 0 Å². The van der Waals surface area contributed by atoms with Gasteiger partial charge in [-0.3, -0.25) is 0 Å². The minimum Gasteiger partial charge on any atom is -0.472 e. The fourth-order valence-electron chi connectivity index (χ4n) is 1.51. The van der Waals surface area contributed by atoms with Crippen LogP contribution in [0.1, 0.15) is 35.7 Å². The summed E-state index contributed by atoms with van der Waals surface area (Å²) in [5.74, 6) is -0.320. The Morgan fingerprint density at radius 3 is 3.10 bits per heavy atom. The van der Waals surface area contributed by atoms with E-state index in [1.807, 2.05) is 0 Å². The van der Waals surface area contributed by atoms with Gasteiger partial charge < -0.3 is 24.8 Å². The predicted octanol–water partition coefficient (Wildman–Crippen LogP) is 0.503. The molecular formula is C13H24N4O3S. The summed E-state index contributed by atoms with van der Waals surface area (Å²) in [5, 5.41) is 12.2. The molecule has 8 heteroatoms. The third kappa shape index (κ3) is 5.39. The Morgan fingerprint density at radius 1 is 1.62 bits per heavy atom. The summed E-state index contributed by atoms with van der Waals surface area (Å²) >= 11 is 0.660. The standard InChI is InChI=1S/C13H24N4O3S/c1-13(2,3)14-8-10(18)9-20-12-11(15-21-16-12)17-4-6-19-7-5-17/h10,14,18H,4-9H2,1-3H3/t10-/m0/s1/i1D3,2D3,8D2,9D2,10D. The lowest BCUT2D eigenvalue weighted by Gasteiger charge is -2.27. The predicted molar refractivity (Wildman–Crippen MR) is 82.2 cm³/mol. The summed E-state index contributed by atoms with van der Waals surface area (Å²) in [7, 11) is 0. The number of ether oxygens (including phenoxy) is 2. The highest BCUT2D eigenvalue weighted by Crippen LogP contribution is 2.26. The van der Waals surface area contributed by atoms with Crippen molar-refractivity contribution in [2.24, 2.45) is 0 Å². The molecule has 2 heterocycles. The molecule has 1 aliphatic heterocycles. The van der Waals surface area contributed by atoms with Crippen LogP contribution in [-0.2, 0) is 4.74 Å². The summed E-state index contributed by atoms with van der Waals surface area (Å²) < 4.78 is 103. The first-order valence-electron chi connectivity index (χ1n) is 11.6. The quantitative estimate of drug-likeness (QED) is 0.787. The van der Waals surface area contributed by atoms with E-state index in [0.29, 0.717) is 45.0 Å². The van der Waals surface area contributed by atoms with Crippen LogP contribution >= 0.6 is 11.7 Å². The first kappa shape index (κ1) is 7.08. The number of aromatic nitrogens is 2. The maximum atomic E-state index is 10.5. The molecule has 7 nitrogen and oxygen atoms in total. The molecule has 0 amide bonds. The Hall–Kier alpha value is -0.960. The number of rotatable bonds is 6. The molecule has 21 heavy (non-hydrogen) atoms. The van der Waals surface area contributed by atoms with E-state index in [-0.39, 0.29) is 5.82 Å². The van der Waals surface area contributed by atoms with E-state index in [1.165, 1.54) is 0 Å². The van der Waals surface area contributed by atoms with Gasteiger partial charge in [0, 0.05) is 36.1 Å². The highest BCUT2D eigenvalue weighted by Gasteiger charge is 2.21. The van der Waals surface area contributed by atoms with Crippen molar-refractivity contribution >= 4 is 17.5 Å². The molecular weight excluding hydrogens is 292 g/mol. The fourth-order valence-corrected chi connectivity index (χ4v) is 2.02. The smallest absolute Gasteiger partial charge is 0.270 e. The van der Waals surface area contributed by atoms with Crippen molar-refractivity contribution in [1.82, 2.24) is 14.1 Å². The van der Waals surface area contributed by atoms with Crippen LogP contribution < -0.4 is 15.0 Å². The first-order chi connectivity index (χ1) is 14.3. The van der Waals surface area contributed by atoms with E-state index in [2.05, 4.69) is 8.75 Å². The summed E-state index contributed by atoms with van der Waals surface area (Å²) in [6.45, 7) is -11.6. The Kier molecular flexibility index (Phi) is 2.48. The number of hydrogen-bond donors (Lipinski definition) is 2. The normalized spacial score (nSPS) is 29.6. The molecule has 2 N–H and O–H groups in total. The summed E-state index contributed by atoms with van der Waals surface area (Å²) in [6.07, 6.45) is -3.83. The van der Waals surface area contributed by atoms with E-state index in [1.54, 1.807) is 10.2 Å². The lowest BCUT2D eigenvalue weighted by Crippen LogP contribution is -2.42. The zero-order valence-electron chi connectivity index (χ0n) is 22.3.